The Morgan fingerprint density at radius 3 is 2.57 bits per heavy atom. The smallest absolute Gasteiger partial charge is 0.163 e. The van der Waals surface area contributed by atoms with Crippen LogP contribution in [0.25, 0.3) is 33.2 Å². The Labute approximate surface area is 168 Å². The summed E-state index contributed by atoms with van der Waals surface area (Å²) in [6, 6.07) is 18.4. The maximum Gasteiger partial charge on any atom is 0.163 e. The Morgan fingerprint density at radius 2 is 1.86 bits per heavy atom. The summed E-state index contributed by atoms with van der Waals surface area (Å²) < 4.78 is 6.05. The van der Waals surface area contributed by atoms with E-state index >= 15 is 0 Å². The minimum Gasteiger partial charge on any atom is -0.455 e. The molecule has 2 aromatic carbocycles. The van der Waals surface area contributed by atoms with Gasteiger partial charge in [-0.1, -0.05) is 54.8 Å². The van der Waals surface area contributed by atoms with Gasteiger partial charge in [0.25, 0.3) is 0 Å². The van der Waals surface area contributed by atoms with E-state index in [-0.39, 0.29) is 5.21 Å². The molecule has 0 N–H and O–H groups in total. The summed E-state index contributed by atoms with van der Waals surface area (Å²) in [7, 11) is 6.61. The molecule has 0 aliphatic carbocycles. The largest absolute Gasteiger partial charge is 0.455 e. The SMILES string of the molecule is Bc1cc(C(B)(B)C(C)C)cc(-c2cccc3oc4c(C#N)cccc4c23)n1. The molecule has 0 saturated carbocycles. The van der Waals surface area contributed by atoms with Crippen molar-refractivity contribution in [3.8, 4) is 17.3 Å². The van der Waals surface area contributed by atoms with Gasteiger partial charge in [0.1, 0.15) is 27.3 Å². The Balaban J connectivity index is 2.03. The molecule has 3 nitrogen and oxygen atoms in total. The van der Waals surface area contributed by atoms with Gasteiger partial charge in [0.05, 0.1) is 11.3 Å². The third-order valence-electron chi connectivity index (χ3n) is 6.06. The number of aromatic nitrogens is 1. The Hall–Kier alpha value is -2.93. The number of furan rings is 1. The Kier molecular flexibility index (Phi) is 4.35. The van der Waals surface area contributed by atoms with Crippen LogP contribution in [0.2, 0.25) is 0 Å². The van der Waals surface area contributed by atoms with Crippen molar-refractivity contribution in [3.63, 3.8) is 0 Å². The molecular formula is C22H21B3N2O. The molecule has 0 spiro atoms. The molecule has 4 aromatic rings. The van der Waals surface area contributed by atoms with Gasteiger partial charge in [0.2, 0.25) is 0 Å². The van der Waals surface area contributed by atoms with Gasteiger partial charge in [-0.05, 0) is 29.9 Å². The first-order valence-corrected chi connectivity index (χ1v) is 9.67. The number of nitrogens with zero attached hydrogens (tertiary/aromatic N) is 2. The Bertz CT molecular complexity index is 1250. The zero-order chi connectivity index (χ0) is 20.1. The van der Waals surface area contributed by atoms with E-state index in [1.54, 1.807) is 6.07 Å². The summed E-state index contributed by atoms with van der Waals surface area (Å²) in [6.07, 6.45) is 0. The van der Waals surface area contributed by atoms with Crippen molar-refractivity contribution in [2.75, 3.05) is 0 Å². The van der Waals surface area contributed by atoms with Gasteiger partial charge in [-0.15, -0.1) is 0 Å². The minimum absolute atomic E-state index is 0.0444. The fraction of sp³-hybridized carbons (Fsp3) is 0.182. The zero-order valence-corrected chi connectivity index (χ0v) is 17.0. The fourth-order valence-electron chi connectivity index (χ4n) is 3.66. The quantitative estimate of drug-likeness (QED) is 0.523. The van der Waals surface area contributed by atoms with Crippen molar-refractivity contribution < 1.29 is 4.42 Å². The zero-order valence-electron chi connectivity index (χ0n) is 17.0. The number of hydrogen-bond acceptors (Lipinski definition) is 3. The van der Waals surface area contributed by atoms with E-state index in [0.717, 1.165) is 33.2 Å². The van der Waals surface area contributed by atoms with Crippen LogP contribution in [0.5, 0.6) is 0 Å². The maximum absolute atomic E-state index is 9.44. The number of benzene rings is 2. The summed E-state index contributed by atoms with van der Waals surface area (Å²) in [5.41, 5.74) is 6.25. The van der Waals surface area contributed by atoms with Crippen LogP contribution in [0.1, 0.15) is 25.0 Å². The first-order valence-electron chi connectivity index (χ1n) is 9.67. The molecule has 2 aromatic heterocycles. The molecule has 0 saturated heterocycles. The third-order valence-corrected chi connectivity index (χ3v) is 6.06. The third kappa shape index (κ3) is 2.83. The average Bonchev–Trinajstić information content (AvgIpc) is 3.06. The lowest BCUT2D eigenvalue weighted by Gasteiger charge is -2.30. The molecule has 0 atom stereocenters. The molecule has 6 heteroatoms. The number of rotatable bonds is 3. The van der Waals surface area contributed by atoms with Crippen LogP contribution < -0.4 is 5.59 Å². The van der Waals surface area contributed by atoms with Gasteiger partial charge in [0.15, 0.2) is 13.4 Å². The van der Waals surface area contributed by atoms with E-state index in [2.05, 4.69) is 53.8 Å². The lowest BCUT2D eigenvalue weighted by molar-refractivity contribution is 0.570. The molecular weight excluding hydrogens is 341 g/mol. The fourth-order valence-corrected chi connectivity index (χ4v) is 3.66. The molecule has 0 fully saturated rings. The number of hydrogen-bond donors (Lipinski definition) is 0. The highest BCUT2D eigenvalue weighted by atomic mass is 16.3. The molecule has 0 radical (unpaired) electrons. The summed E-state index contributed by atoms with van der Waals surface area (Å²) in [5, 5.41) is 11.5. The normalized spacial score (nSPS) is 11.9. The van der Waals surface area contributed by atoms with Gasteiger partial charge >= 0.3 is 0 Å². The van der Waals surface area contributed by atoms with Crippen LogP contribution in [-0.4, -0.2) is 28.5 Å². The molecule has 0 amide bonds. The minimum atomic E-state index is 0.0444. The highest BCUT2D eigenvalue weighted by molar-refractivity contribution is 6.40. The highest BCUT2D eigenvalue weighted by Crippen LogP contribution is 2.37. The maximum atomic E-state index is 9.44. The van der Waals surface area contributed by atoms with Crippen LogP contribution in [0.15, 0.2) is 52.9 Å². The number of para-hydroxylation sites is 1. The predicted octanol–water partition coefficient (Wildman–Crippen LogP) is 1.85. The van der Waals surface area contributed by atoms with Crippen LogP contribution in [-0.2, 0) is 5.21 Å². The monoisotopic (exact) mass is 362 g/mol. The van der Waals surface area contributed by atoms with Gasteiger partial charge in [-0.25, -0.2) is 0 Å². The van der Waals surface area contributed by atoms with Crippen molar-refractivity contribution in [1.29, 1.82) is 5.26 Å². The van der Waals surface area contributed by atoms with Crippen LogP contribution >= 0.6 is 0 Å². The summed E-state index contributed by atoms with van der Waals surface area (Å²) in [6.45, 7) is 4.51. The number of nitriles is 1. The number of pyridine rings is 1. The first-order chi connectivity index (χ1) is 13.3. The molecule has 2 heterocycles. The predicted molar refractivity (Wildman–Crippen MR) is 123 cm³/mol. The van der Waals surface area contributed by atoms with E-state index in [4.69, 9.17) is 9.40 Å². The molecule has 0 bridgehead atoms. The van der Waals surface area contributed by atoms with Crippen molar-refractivity contribution in [2.24, 2.45) is 5.92 Å². The van der Waals surface area contributed by atoms with Crippen molar-refractivity contribution >= 4 is 51.1 Å². The highest BCUT2D eigenvalue weighted by Gasteiger charge is 2.26. The summed E-state index contributed by atoms with van der Waals surface area (Å²) in [5.74, 6) is 0.505. The second kappa shape index (κ2) is 6.60. The van der Waals surface area contributed by atoms with Gasteiger partial charge in [0, 0.05) is 16.3 Å². The van der Waals surface area contributed by atoms with Crippen molar-refractivity contribution in [2.45, 2.75) is 19.1 Å². The van der Waals surface area contributed by atoms with Gasteiger partial charge in [-0.3, -0.25) is 4.98 Å². The van der Waals surface area contributed by atoms with Crippen molar-refractivity contribution in [1.82, 2.24) is 4.98 Å². The summed E-state index contributed by atoms with van der Waals surface area (Å²) >= 11 is 0. The molecule has 0 aliphatic heterocycles. The van der Waals surface area contributed by atoms with E-state index in [9.17, 15) is 5.26 Å². The van der Waals surface area contributed by atoms with Crippen LogP contribution in [0, 0.1) is 17.2 Å². The molecule has 4 rings (SSSR count). The molecule has 0 unspecified atom stereocenters. The lowest BCUT2D eigenvalue weighted by atomic mass is 9.46. The van der Waals surface area contributed by atoms with E-state index in [1.807, 2.05) is 32.1 Å². The van der Waals surface area contributed by atoms with Gasteiger partial charge in [-0.2, -0.15) is 5.26 Å². The molecule has 134 valence electrons. The number of fused-ring (bicyclic) bond motifs is 3. The van der Waals surface area contributed by atoms with Crippen LogP contribution in [0.3, 0.4) is 0 Å². The summed E-state index contributed by atoms with van der Waals surface area (Å²) in [4.78, 5) is 4.85. The van der Waals surface area contributed by atoms with Crippen molar-refractivity contribution in [3.05, 3.63) is 59.7 Å². The lowest BCUT2D eigenvalue weighted by Crippen LogP contribution is -2.34. The van der Waals surface area contributed by atoms with Crippen LogP contribution in [0.4, 0.5) is 0 Å². The topological polar surface area (TPSA) is 49.8 Å². The van der Waals surface area contributed by atoms with E-state index in [1.165, 1.54) is 5.56 Å². The standard InChI is InChI=1S/C22H21B3N2O/c1-12(2)22(24,25)14-9-17(27-19(23)10-14)15-6-4-8-18-20(15)16-7-3-5-13(11-26)21(16)28-18/h3-10,12H,23-25H2,1-2H3. The van der Waals surface area contributed by atoms with E-state index < -0.39 is 0 Å². The molecule has 0 aliphatic rings. The molecule has 28 heavy (non-hydrogen) atoms. The first kappa shape index (κ1) is 18.4. The second-order valence-corrected chi connectivity index (χ2v) is 8.33. The Morgan fingerprint density at radius 1 is 1.11 bits per heavy atom. The second-order valence-electron chi connectivity index (χ2n) is 8.33. The average molecular weight is 362 g/mol. The van der Waals surface area contributed by atoms with Gasteiger partial charge < -0.3 is 4.42 Å². The van der Waals surface area contributed by atoms with E-state index in [0.29, 0.717) is 17.1 Å².